The molecule has 2 nitrogen and oxygen atoms in total. The smallest absolute Gasteiger partial charge is 0.167 e. The molecule has 0 bridgehead atoms. The molecule has 0 saturated carbocycles. The fourth-order valence-electron chi connectivity index (χ4n) is 2.23. The van der Waals surface area contributed by atoms with Gasteiger partial charge in [-0.15, -0.1) is 0 Å². The molecule has 3 aromatic carbocycles. The van der Waals surface area contributed by atoms with E-state index in [2.05, 4.69) is 17.4 Å². The quantitative estimate of drug-likeness (QED) is 0.740. The number of benzene rings is 3. The van der Waals surface area contributed by atoms with E-state index >= 15 is 0 Å². The van der Waals surface area contributed by atoms with Crippen molar-refractivity contribution in [2.24, 2.45) is 0 Å². The lowest BCUT2D eigenvalue weighted by Crippen LogP contribution is -1.94. The zero-order valence-corrected chi connectivity index (χ0v) is 11.1. The zero-order chi connectivity index (χ0) is 13.9. The van der Waals surface area contributed by atoms with Gasteiger partial charge in [0.05, 0.1) is 7.11 Å². The van der Waals surface area contributed by atoms with Crippen LogP contribution < -0.4 is 10.1 Å². The van der Waals surface area contributed by atoms with Crippen LogP contribution in [-0.4, -0.2) is 7.11 Å². The molecule has 3 aromatic rings. The fraction of sp³-hybridized carbons (Fsp3) is 0.0588. The summed E-state index contributed by atoms with van der Waals surface area (Å²) in [6.45, 7) is 0. The van der Waals surface area contributed by atoms with Gasteiger partial charge >= 0.3 is 0 Å². The Morgan fingerprint density at radius 2 is 1.75 bits per heavy atom. The Bertz CT molecular complexity index is 750. The van der Waals surface area contributed by atoms with Crippen molar-refractivity contribution < 1.29 is 9.13 Å². The van der Waals surface area contributed by atoms with E-state index < -0.39 is 0 Å². The number of anilines is 2. The van der Waals surface area contributed by atoms with E-state index in [1.165, 1.54) is 13.2 Å². The summed E-state index contributed by atoms with van der Waals surface area (Å²) in [6, 6.07) is 18.9. The van der Waals surface area contributed by atoms with Crippen LogP contribution in [0, 0.1) is 5.82 Å². The predicted molar refractivity (Wildman–Crippen MR) is 80.2 cm³/mol. The van der Waals surface area contributed by atoms with E-state index in [1.54, 1.807) is 12.1 Å². The highest BCUT2D eigenvalue weighted by Crippen LogP contribution is 2.28. The topological polar surface area (TPSA) is 21.3 Å². The van der Waals surface area contributed by atoms with Crippen LogP contribution in [0.4, 0.5) is 15.8 Å². The van der Waals surface area contributed by atoms with Gasteiger partial charge in [0.15, 0.2) is 11.6 Å². The van der Waals surface area contributed by atoms with Crippen LogP contribution in [-0.2, 0) is 0 Å². The molecule has 0 aromatic heterocycles. The highest BCUT2D eigenvalue weighted by Gasteiger charge is 2.05. The lowest BCUT2D eigenvalue weighted by molar-refractivity contribution is 0.386. The maximum Gasteiger partial charge on any atom is 0.167 e. The van der Waals surface area contributed by atoms with Crippen molar-refractivity contribution in [2.45, 2.75) is 0 Å². The maximum absolute atomic E-state index is 13.7. The van der Waals surface area contributed by atoms with Gasteiger partial charge in [-0.05, 0) is 23.6 Å². The molecule has 0 amide bonds. The number of nitrogens with one attached hydrogen (secondary N) is 1. The molecule has 1 N–H and O–H groups in total. The Balaban J connectivity index is 1.99. The van der Waals surface area contributed by atoms with Crippen molar-refractivity contribution in [3.05, 3.63) is 66.5 Å². The summed E-state index contributed by atoms with van der Waals surface area (Å²) in [7, 11) is 1.45. The normalized spacial score (nSPS) is 10.5. The van der Waals surface area contributed by atoms with Crippen LogP contribution in [0.15, 0.2) is 60.7 Å². The first-order chi connectivity index (χ1) is 9.78. The van der Waals surface area contributed by atoms with Crippen molar-refractivity contribution in [3.63, 3.8) is 0 Å². The average Bonchev–Trinajstić information content (AvgIpc) is 2.48. The Kier molecular flexibility index (Phi) is 3.25. The van der Waals surface area contributed by atoms with Gasteiger partial charge in [-0.1, -0.05) is 36.4 Å². The van der Waals surface area contributed by atoms with Gasteiger partial charge in [0.2, 0.25) is 0 Å². The number of rotatable bonds is 3. The molecule has 100 valence electrons. The third-order valence-electron chi connectivity index (χ3n) is 3.22. The third kappa shape index (κ3) is 2.30. The minimum absolute atomic E-state index is 0.244. The van der Waals surface area contributed by atoms with Gasteiger partial charge in [0.1, 0.15) is 0 Å². The number of halogens is 1. The van der Waals surface area contributed by atoms with Gasteiger partial charge in [-0.2, -0.15) is 0 Å². The molecule has 0 aliphatic heterocycles. The molecule has 0 aliphatic rings. The standard InChI is InChI=1S/C17H14FNO/c1-20-17-10-9-13(11-15(17)18)19-16-8-4-6-12-5-2-3-7-14(12)16/h2-11,19H,1H3. The van der Waals surface area contributed by atoms with E-state index in [0.29, 0.717) is 5.69 Å². The summed E-state index contributed by atoms with van der Waals surface area (Å²) in [5.74, 6) is -0.133. The SMILES string of the molecule is COc1ccc(Nc2cccc3ccccc23)cc1F. The molecule has 3 rings (SSSR count). The minimum Gasteiger partial charge on any atom is -0.494 e. The second-order valence-corrected chi connectivity index (χ2v) is 4.50. The zero-order valence-electron chi connectivity index (χ0n) is 11.1. The van der Waals surface area contributed by atoms with Crippen LogP contribution in [0.25, 0.3) is 10.8 Å². The second-order valence-electron chi connectivity index (χ2n) is 4.50. The Morgan fingerprint density at radius 1 is 0.950 bits per heavy atom. The number of ether oxygens (including phenoxy) is 1. The Hall–Kier alpha value is -2.55. The molecule has 0 fully saturated rings. The van der Waals surface area contributed by atoms with Crippen molar-refractivity contribution in [1.29, 1.82) is 0 Å². The van der Waals surface area contributed by atoms with Crippen molar-refractivity contribution in [1.82, 2.24) is 0 Å². The van der Waals surface area contributed by atoms with E-state index in [1.807, 2.05) is 30.3 Å². The first kappa shape index (κ1) is 12.5. The van der Waals surface area contributed by atoms with Crippen LogP contribution in [0.2, 0.25) is 0 Å². The van der Waals surface area contributed by atoms with E-state index in [-0.39, 0.29) is 11.6 Å². The molecule has 0 spiro atoms. The highest BCUT2D eigenvalue weighted by molar-refractivity contribution is 5.95. The van der Waals surface area contributed by atoms with Crippen molar-refractivity contribution in [2.75, 3.05) is 12.4 Å². The Labute approximate surface area is 116 Å². The molecule has 0 aliphatic carbocycles. The summed E-state index contributed by atoms with van der Waals surface area (Å²) in [6.07, 6.45) is 0. The summed E-state index contributed by atoms with van der Waals surface area (Å²) in [4.78, 5) is 0. The molecule has 0 heterocycles. The molecule has 3 heteroatoms. The third-order valence-corrected chi connectivity index (χ3v) is 3.22. The summed E-state index contributed by atoms with van der Waals surface area (Å²) in [5, 5.41) is 5.49. The first-order valence-electron chi connectivity index (χ1n) is 6.36. The monoisotopic (exact) mass is 267 g/mol. The second kappa shape index (κ2) is 5.21. The highest BCUT2D eigenvalue weighted by atomic mass is 19.1. The lowest BCUT2D eigenvalue weighted by atomic mass is 10.1. The number of methoxy groups -OCH3 is 1. The molecular formula is C17H14FNO. The average molecular weight is 267 g/mol. The number of hydrogen-bond donors (Lipinski definition) is 1. The molecule has 20 heavy (non-hydrogen) atoms. The van der Waals surface area contributed by atoms with Gasteiger partial charge in [0, 0.05) is 22.8 Å². The summed E-state index contributed by atoms with van der Waals surface area (Å²) >= 11 is 0. The van der Waals surface area contributed by atoms with Gasteiger partial charge in [0.25, 0.3) is 0 Å². The maximum atomic E-state index is 13.7. The number of hydrogen-bond acceptors (Lipinski definition) is 2. The Morgan fingerprint density at radius 3 is 2.55 bits per heavy atom. The molecule has 0 atom stereocenters. The summed E-state index contributed by atoms with van der Waals surface area (Å²) < 4.78 is 18.6. The van der Waals surface area contributed by atoms with Crippen LogP contribution in [0.3, 0.4) is 0 Å². The molecule has 0 unspecified atom stereocenters. The number of fused-ring (bicyclic) bond motifs is 1. The van der Waals surface area contributed by atoms with Crippen LogP contribution in [0.5, 0.6) is 5.75 Å². The summed E-state index contributed by atoms with van der Waals surface area (Å²) in [5.41, 5.74) is 1.65. The van der Waals surface area contributed by atoms with Gasteiger partial charge < -0.3 is 10.1 Å². The predicted octanol–water partition coefficient (Wildman–Crippen LogP) is 4.73. The van der Waals surface area contributed by atoms with Crippen LogP contribution >= 0.6 is 0 Å². The van der Waals surface area contributed by atoms with E-state index in [9.17, 15) is 4.39 Å². The molecular weight excluding hydrogens is 253 g/mol. The molecule has 0 saturated heterocycles. The molecule has 0 radical (unpaired) electrons. The first-order valence-corrected chi connectivity index (χ1v) is 6.36. The van der Waals surface area contributed by atoms with Crippen molar-refractivity contribution in [3.8, 4) is 5.75 Å². The van der Waals surface area contributed by atoms with Crippen molar-refractivity contribution >= 4 is 22.1 Å². The van der Waals surface area contributed by atoms with E-state index in [0.717, 1.165) is 16.5 Å². The largest absolute Gasteiger partial charge is 0.494 e. The minimum atomic E-state index is -0.377. The fourth-order valence-corrected chi connectivity index (χ4v) is 2.23. The van der Waals surface area contributed by atoms with Crippen LogP contribution in [0.1, 0.15) is 0 Å². The van der Waals surface area contributed by atoms with Gasteiger partial charge in [-0.3, -0.25) is 0 Å². The van der Waals surface area contributed by atoms with E-state index in [4.69, 9.17) is 4.74 Å². The lowest BCUT2D eigenvalue weighted by Gasteiger charge is -2.11. The van der Waals surface area contributed by atoms with Gasteiger partial charge in [-0.25, -0.2) is 4.39 Å².